The Balaban J connectivity index is 1.35. The zero-order valence-corrected chi connectivity index (χ0v) is 12.4. The van der Waals surface area contributed by atoms with Gasteiger partial charge in [0.15, 0.2) is 6.29 Å². The highest BCUT2D eigenvalue weighted by Gasteiger charge is 2.21. The van der Waals surface area contributed by atoms with E-state index in [-0.39, 0.29) is 12.4 Å². The van der Waals surface area contributed by atoms with E-state index in [1.165, 1.54) is 6.42 Å². The average molecular weight is 296 g/mol. The molecule has 1 aromatic heterocycles. The average Bonchev–Trinajstić information content (AvgIpc) is 3.02. The summed E-state index contributed by atoms with van der Waals surface area (Å²) in [5.41, 5.74) is 0. The molecule has 0 spiro atoms. The summed E-state index contributed by atoms with van der Waals surface area (Å²) in [4.78, 5) is 2.38. The van der Waals surface area contributed by atoms with Crippen molar-refractivity contribution in [2.75, 3.05) is 39.5 Å². The van der Waals surface area contributed by atoms with Crippen molar-refractivity contribution in [2.24, 2.45) is 0 Å². The first-order chi connectivity index (χ1) is 10.4. The standard InChI is InChI=1S/C14H24N4O3/c1-2-8-20-14(3-1)21-10-7-17-6-9-19-13(11-17)12-18-5-4-15-16-18/h4-5,13-14H,1-3,6-12H2. The van der Waals surface area contributed by atoms with Crippen LogP contribution in [-0.2, 0) is 20.8 Å². The first kappa shape index (κ1) is 14.9. The van der Waals surface area contributed by atoms with Gasteiger partial charge in [-0.05, 0) is 19.3 Å². The summed E-state index contributed by atoms with van der Waals surface area (Å²) in [6, 6.07) is 0. The third-order valence-electron chi connectivity index (χ3n) is 3.93. The molecule has 2 unspecified atom stereocenters. The molecule has 2 aliphatic rings. The Bertz CT molecular complexity index is 395. The monoisotopic (exact) mass is 296 g/mol. The van der Waals surface area contributed by atoms with Crippen LogP contribution in [0.3, 0.4) is 0 Å². The number of hydrogen-bond acceptors (Lipinski definition) is 6. The van der Waals surface area contributed by atoms with E-state index in [0.29, 0.717) is 0 Å². The molecule has 21 heavy (non-hydrogen) atoms. The van der Waals surface area contributed by atoms with E-state index >= 15 is 0 Å². The smallest absolute Gasteiger partial charge is 0.157 e. The molecule has 118 valence electrons. The Kier molecular flexibility index (Phi) is 5.56. The van der Waals surface area contributed by atoms with Crippen molar-refractivity contribution in [3.05, 3.63) is 12.4 Å². The fourth-order valence-corrected chi connectivity index (χ4v) is 2.79. The lowest BCUT2D eigenvalue weighted by Crippen LogP contribution is -2.45. The van der Waals surface area contributed by atoms with Crippen LogP contribution in [0, 0.1) is 0 Å². The van der Waals surface area contributed by atoms with Crippen LogP contribution in [0.25, 0.3) is 0 Å². The van der Waals surface area contributed by atoms with Crippen molar-refractivity contribution in [2.45, 2.75) is 38.2 Å². The van der Waals surface area contributed by atoms with Gasteiger partial charge in [0.25, 0.3) is 0 Å². The molecule has 2 atom stereocenters. The highest BCUT2D eigenvalue weighted by atomic mass is 16.7. The van der Waals surface area contributed by atoms with Gasteiger partial charge in [-0.25, -0.2) is 4.68 Å². The Morgan fingerprint density at radius 3 is 3.05 bits per heavy atom. The van der Waals surface area contributed by atoms with Crippen LogP contribution in [0.1, 0.15) is 19.3 Å². The highest BCUT2D eigenvalue weighted by molar-refractivity contribution is 4.74. The number of hydrogen-bond donors (Lipinski definition) is 0. The van der Waals surface area contributed by atoms with Crippen molar-refractivity contribution in [1.82, 2.24) is 19.9 Å². The molecule has 0 bridgehead atoms. The van der Waals surface area contributed by atoms with Gasteiger partial charge in [0.1, 0.15) is 0 Å². The molecule has 3 heterocycles. The quantitative estimate of drug-likeness (QED) is 0.763. The molecular formula is C14H24N4O3. The van der Waals surface area contributed by atoms with Gasteiger partial charge in [-0.15, -0.1) is 5.10 Å². The fraction of sp³-hybridized carbons (Fsp3) is 0.857. The van der Waals surface area contributed by atoms with Crippen molar-refractivity contribution in [3.8, 4) is 0 Å². The van der Waals surface area contributed by atoms with Gasteiger partial charge < -0.3 is 14.2 Å². The minimum absolute atomic E-state index is 0.00531. The lowest BCUT2D eigenvalue weighted by atomic mass is 10.2. The zero-order chi connectivity index (χ0) is 14.3. The first-order valence-electron chi connectivity index (χ1n) is 7.81. The van der Waals surface area contributed by atoms with E-state index in [0.717, 1.165) is 58.8 Å². The van der Waals surface area contributed by atoms with Crippen molar-refractivity contribution in [1.29, 1.82) is 0 Å². The van der Waals surface area contributed by atoms with Gasteiger partial charge in [-0.1, -0.05) is 5.21 Å². The molecule has 2 aliphatic heterocycles. The summed E-state index contributed by atoms with van der Waals surface area (Å²) in [7, 11) is 0. The van der Waals surface area contributed by atoms with E-state index in [1.807, 2.05) is 10.9 Å². The maximum Gasteiger partial charge on any atom is 0.157 e. The lowest BCUT2D eigenvalue weighted by Gasteiger charge is -2.33. The van der Waals surface area contributed by atoms with Gasteiger partial charge in [-0.2, -0.15) is 0 Å². The molecule has 0 N–H and O–H groups in total. The van der Waals surface area contributed by atoms with Gasteiger partial charge in [0, 0.05) is 32.4 Å². The molecule has 7 heteroatoms. The molecule has 0 saturated carbocycles. The number of morpholine rings is 1. The number of rotatable bonds is 6. The lowest BCUT2D eigenvalue weighted by molar-refractivity contribution is -0.166. The normalized spacial score (nSPS) is 27.8. The fourth-order valence-electron chi connectivity index (χ4n) is 2.79. The second kappa shape index (κ2) is 7.84. The summed E-state index contributed by atoms with van der Waals surface area (Å²) in [5.74, 6) is 0. The van der Waals surface area contributed by atoms with Gasteiger partial charge in [-0.3, -0.25) is 4.90 Å². The minimum atomic E-state index is 0.00531. The molecule has 2 saturated heterocycles. The van der Waals surface area contributed by atoms with Crippen molar-refractivity contribution < 1.29 is 14.2 Å². The zero-order valence-electron chi connectivity index (χ0n) is 12.4. The molecule has 0 amide bonds. The third kappa shape index (κ3) is 4.74. The van der Waals surface area contributed by atoms with E-state index in [9.17, 15) is 0 Å². The van der Waals surface area contributed by atoms with Crippen LogP contribution in [0.4, 0.5) is 0 Å². The maximum absolute atomic E-state index is 5.79. The highest BCUT2D eigenvalue weighted by Crippen LogP contribution is 2.14. The van der Waals surface area contributed by atoms with Gasteiger partial charge in [0.2, 0.25) is 0 Å². The molecule has 1 aromatic rings. The maximum atomic E-state index is 5.79. The SMILES string of the molecule is c1cn(CC2CN(CCOC3CCCCO3)CCO2)nn1. The van der Waals surface area contributed by atoms with Gasteiger partial charge >= 0.3 is 0 Å². The third-order valence-corrected chi connectivity index (χ3v) is 3.93. The molecule has 0 aliphatic carbocycles. The second-order valence-electron chi connectivity index (χ2n) is 5.59. The van der Waals surface area contributed by atoms with Crippen LogP contribution >= 0.6 is 0 Å². The van der Waals surface area contributed by atoms with Crippen molar-refractivity contribution >= 4 is 0 Å². The molecule has 2 fully saturated rings. The van der Waals surface area contributed by atoms with Crippen LogP contribution in [0.2, 0.25) is 0 Å². The molecule has 7 nitrogen and oxygen atoms in total. The number of aromatic nitrogens is 3. The Hall–Kier alpha value is -1.02. The van der Waals surface area contributed by atoms with Crippen LogP contribution in [-0.4, -0.2) is 71.7 Å². The van der Waals surface area contributed by atoms with E-state index in [2.05, 4.69) is 15.2 Å². The largest absolute Gasteiger partial charge is 0.374 e. The topological polar surface area (TPSA) is 61.6 Å². The van der Waals surface area contributed by atoms with Gasteiger partial charge in [0.05, 0.1) is 32.1 Å². The summed E-state index contributed by atoms with van der Waals surface area (Å²) >= 11 is 0. The van der Waals surface area contributed by atoms with Crippen LogP contribution in [0.5, 0.6) is 0 Å². The number of ether oxygens (including phenoxy) is 3. The molecular weight excluding hydrogens is 272 g/mol. The Labute approximate surface area is 125 Å². The minimum Gasteiger partial charge on any atom is -0.374 e. The Morgan fingerprint density at radius 2 is 2.24 bits per heavy atom. The van der Waals surface area contributed by atoms with Crippen molar-refractivity contribution in [3.63, 3.8) is 0 Å². The molecule has 0 radical (unpaired) electrons. The molecule has 3 rings (SSSR count). The van der Waals surface area contributed by atoms with E-state index in [1.54, 1.807) is 6.20 Å². The Morgan fingerprint density at radius 1 is 1.24 bits per heavy atom. The summed E-state index contributed by atoms with van der Waals surface area (Å²) < 4.78 is 19.0. The second-order valence-corrected chi connectivity index (χ2v) is 5.59. The van der Waals surface area contributed by atoms with Crippen LogP contribution in [0.15, 0.2) is 12.4 Å². The summed E-state index contributed by atoms with van der Waals surface area (Å²) in [5, 5.41) is 7.80. The van der Waals surface area contributed by atoms with E-state index < -0.39 is 0 Å². The summed E-state index contributed by atoms with van der Waals surface area (Å²) in [6.07, 6.45) is 7.13. The predicted octanol–water partition coefficient (Wildman–Crippen LogP) is 0.522. The van der Waals surface area contributed by atoms with Crippen LogP contribution < -0.4 is 0 Å². The molecule has 0 aromatic carbocycles. The predicted molar refractivity (Wildman–Crippen MR) is 75.7 cm³/mol. The number of nitrogens with zero attached hydrogens (tertiary/aromatic N) is 4. The van der Waals surface area contributed by atoms with E-state index in [4.69, 9.17) is 14.2 Å². The summed E-state index contributed by atoms with van der Waals surface area (Å²) in [6.45, 7) is 5.87. The first-order valence-corrected chi connectivity index (χ1v) is 7.81.